The second-order valence-corrected chi connectivity index (χ2v) is 6.32. The molecule has 0 aliphatic carbocycles. The lowest BCUT2D eigenvalue weighted by atomic mass is 9.97. The first-order chi connectivity index (χ1) is 13.1. The van der Waals surface area contributed by atoms with Crippen LogP contribution in [0.1, 0.15) is 12.5 Å². The molecule has 5 heteroatoms. The van der Waals surface area contributed by atoms with Crippen LogP contribution in [0, 0.1) is 0 Å². The van der Waals surface area contributed by atoms with Gasteiger partial charge in [0.15, 0.2) is 0 Å². The van der Waals surface area contributed by atoms with Gasteiger partial charge in [-0.25, -0.2) is 9.59 Å². The number of amides is 2. The monoisotopic (exact) mass is 362 g/mol. The predicted molar refractivity (Wildman–Crippen MR) is 107 cm³/mol. The summed E-state index contributed by atoms with van der Waals surface area (Å²) in [5, 5.41) is 10.1. The van der Waals surface area contributed by atoms with Gasteiger partial charge < -0.3 is 15.4 Å². The van der Waals surface area contributed by atoms with Crippen LogP contribution >= 0.6 is 0 Å². The Morgan fingerprint density at radius 3 is 2.15 bits per heavy atom. The zero-order valence-corrected chi connectivity index (χ0v) is 15.2. The molecule has 3 aromatic rings. The van der Waals surface area contributed by atoms with E-state index in [-0.39, 0.29) is 19.2 Å². The van der Waals surface area contributed by atoms with Crippen LogP contribution in [0.15, 0.2) is 66.7 Å². The number of hydrogen-bond donors (Lipinski definition) is 2. The molecule has 0 bridgehead atoms. The first kappa shape index (κ1) is 18.5. The van der Waals surface area contributed by atoms with E-state index in [1.54, 1.807) is 6.92 Å². The van der Waals surface area contributed by atoms with Gasteiger partial charge in [0.05, 0.1) is 6.54 Å². The second-order valence-electron chi connectivity index (χ2n) is 6.32. The lowest BCUT2D eigenvalue weighted by Crippen LogP contribution is -2.37. The van der Waals surface area contributed by atoms with Gasteiger partial charge in [0, 0.05) is 12.1 Å². The Morgan fingerprint density at radius 2 is 1.56 bits per heavy atom. The first-order valence-corrected chi connectivity index (χ1v) is 8.80. The van der Waals surface area contributed by atoms with Gasteiger partial charge in [-0.2, -0.15) is 0 Å². The summed E-state index contributed by atoms with van der Waals surface area (Å²) in [7, 11) is 0. The standard InChI is InChI=1S/C22H22N2O3/c1-15(2)21(25)27-12-11-23-22(26)24-14-20-18-9-5-3-7-16(18)13-17-8-4-6-10-19(17)20/h3-10,13H,1,11-12,14H2,2H3,(H2,23,24,26). The third-order valence-corrected chi connectivity index (χ3v) is 4.28. The summed E-state index contributed by atoms with van der Waals surface area (Å²) in [6, 6.07) is 18.1. The average Bonchev–Trinajstić information content (AvgIpc) is 2.68. The van der Waals surface area contributed by atoms with Gasteiger partial charge in [0.1, 0.15) is 6.61 Å². The smallest absolute Gasteiger partial charge is 0.333 e. The molecular formula is C22H22N2O3. The largest absolute Gasteiger partial charge is 0.460 e. The Labute approximate surface area is 158 Å². The summed E-state index contributed by atoms with van der Waals surface area (Å²) < 4.78 is 4.95. The van der Waals surface area contributed by atoms with Crippen LogP contribution in [0.3, 0.4) is 0 Å². The van der Waals surface area contributed by atoms with Gasteiger partial charge in [-0.05, 0) is 40.1 Å². The summed E-state index contributed by atoms with van der Waals surface area (Å²) in [6.07, 6.45) is 0. The normalized spacial score (nSPS) is 10.6. The molecule has 0 atom stereocenters. The lowest BCUT2D eigenvalue weighted by molar-refractivity contribution is -0.138. The summed E-state index contributed by atoms with van der Waals surface area (Å²) >= 11 is 0. The molecule has 27 heavy (non-hydrogen) atoms. The number of fused-ring (bicyclic) bond motifs is 2. The van der Waals surface area contributed by atoms with Crippen LogP contribution in [-0.2, 0) is 16.1 Å². The second kappa shape index (κ2) is 8.36. The lowest BCUT2D eigenvalue weighted by Gasteiger charge is -2.13. The van der Waals surface area contributed by atoms with E-state index in [1.165, 1.54) is 0 Å². The Balaban J connectivity index is 1.66. The molecule has 3 aromatic carbocycles. The number of rotatable bonds is 6. The molecule has 0 aromatic heterocycles. The maximum Gasteiger partial charge on any atom is 0.333 e. The van der Waals surface area contributed by atoms with Crippen molar-refractivity contribution in [2.75, 3.05) is 13.2 Å². The molecule has 0 saturated heterocycles. The molecule has 138 valence electrons. The van der Waals surface area contributed by atoms with E-state index >= 15 is 0 Å². The Morgan fingerprint density at radius 1 is 0.963 bits per heavy atom. The quantitative estimate of drug-likeness (QED) is 0.302. The minimum absolute atomic E-state index is 0.107. The SMILES string of the molecule is C=C(C)C(=O)OCCNC(=O)NCc1c2ccccc2cc2ccccc12. The molecule has 0 heterocycles. The van der Waals surface area contributed by atoms with Crippen LogP contribution in [-0.4, -0.2) is 25.2 Å². The summed E-state index contributed by atoms with van der Waals surface area (Å²) in [5.41, 5.74) is 1.41. The third kappa shape index (κ3) is 4.44. The third-order valence-electron chi connectivity index (χ3n) is 4.28. The van der Waals surface area contributed by atoms with Crippen LogP contribution in [0.2, 0.25) is 0 Å². The number of benzene rings is 3. The minimum atomic E-state index is -0.459. The van der Waals surface area contributed by atoms with Crippen molar-refractivity contribution in [2.24, 2.45) is 0 Å². The van der Waals surface area contributed by atoms with Crippen molar-refractivity contribution in [3.05, 3.63) is 72.3 Å². The molecule has 5 nitrogen and oxygen atoms in total. The van der Waals surface area contributed by atoms with Crippen molar-refractivity contribution in [3.63, 3.8) is 0 Å². The molecule has 0 saturated carbocycles. The molecule has 2 amide bonds. The van der Waals surface area contributed by atoms with E-state index in [2.05, 4.69) is 47.5 Å². The van der Waals surface area contributed by atoms with Crippen LogP contribution < -0.4 is 10.6 Å². The molecule has 0 aliphatic rings. The van der Waals surface area contributed by atoms with Crippen molar-refractivity contribution in [3.8, 4) is 0 Å². The predicted octanol–water partition coefficient (Wildman–Crippen LogP) is 3.91. The molecule has 0 aliphatic heterocycles. The highest BCUT2D eigenvalue weighted by molar-refractivity contribution is 6.02. The fourth-order valence-electron chi connectivity index (χ4n) is 2.96. The number of nitrogens with one attached hydrogen (secondary N) is 2. The highest BCUT2D eigenvalue weighted by atomic mass is 16.5. The van der Waals surface area contributed by atoms with E-state index < -0.39 is 5.97 Å². The number of carbonyl (C=O) groups is 2. The van der Waals surface area contributed by atoms with E-state index in [0.717, 1.165) is 27.1 Å². The van der Waals surface area contributed by atoms with Crippen molar-refractivity contribution in [2.45, 2.75) is 13.5 Å². The Hall–Kier alpha value is -3.34. The van der Waals surface area contributed by atoms with Gasteiger partial charge in [-0.3, -0.25) is 0 Å². The summed E-state index contributed by atoms with van der Waals surface area (Å²) in [5.74, 6) is -0.459. The minimum Gasteiger partial charge on any atom is -0.460 e. The van der Waals surface area contributed by atoms with Gasteiger partial charge in [0.25, 0.3) is 0 Å². The number of urea groups is 1. The highest BCUT2D eigenvalue weighted by Crippen LogP contribution is 2.28. The van der Waals surface area contributed by atoms with Crippen LogP contribution in [0.5, 0.6) is 0 Å². The van der Waals surface area contributed by atoms with Crippen LogP contribution in [0.4, 0.5) is 4.79 Å². The average molecular weight is 362 g/mol. The maximum atomic E-state index is 12.1. The fourth-order valence-corrected chi connectivity index (χ4v) is 2.96. The van der Waals surface area contributed by atoms with Crippen molar-refractivity contribution in [1.29, 1.82) is 0 Å². The van der Waals surface area contributed by atoms with Crippen LogP contribution in [0.25, 0.3) is 21.5 Å². The molecule has 0 spiro atoms. The van der Waals surface area contributed by atoms with Gasteiger partial charge in [0.2, 0.25) is 0 Å². The highest BCUT2D eigenvalue weighted by Gasteiger charge is 2.09. The van der Waals surface area contributed by atoms with Crippen molar-refractivity contribution >= 4 is 33.5 Å². The number of carbonyl (C=O) groups excluding carboxylic acids is 2. The zero-order valence-electron chi connectivity index (χ0n) is 15.2. The van der Waals surface area contributed by atoms with Crippen molar-refractivity contribution < 1.29 is 14.3 Å². The Kier molecular flexibility index (Phi) is 5.71. The van der Waals surface area contributed by atoms with E-state index in [9.17, 15) is 9.59 Å². The summed E-state index contributed by atoms with van der Waals surface area (Å²) in [6.45, 7) is 5.83. The number of esters is 1. The topological polar surface area (TPSA) is 67.4 Å². The van der Waals surface area contributed by atoms with Gasteiger partial charge in [-0.1, -0.05) is 55.1 Å². The van der Waals surface area contributed by atoms with E-state index in [4.69, 9.17) is 4.74 Å². The Bertz CT molecular complexity index is 957. The molecule has 0 radical (unpaired) electrons. The molecular weight excluding hydrogens is 340 g/mol. The molecule has 3 rings (SSSR count). The van der Waals surface area contributed by atoms with E-state index in [1.807, 2.05) is 24.3 Å². The van der Waals surface area contributed by atoms with Crippen molar-refractivity contribution in [1.82, 2.24) is 10.6 Å². The zero-order chi connectivity index (χ0) is 19.2. The molecule has 2 N–H and O–H groups in total. The molecule has 0 fully saturated rings. The fraction of sp³-hybridized carbons (Fsp3) is 0.182. The number of ether oxygens (including phenoxy) is 1. The van der Waals surface area contributed by atoms with Gasteiger partial charge in [-0.15, -0.1) is 0 Å². The first-order valence-electron chi connectivity index (χ1n) is 8.80. The van der Waals surface area contributed by atoms with Gasteiger partial charge >= 0.3 is 12.0 Å². The number of hydrogen-bond acceptors (Lipinski definition) is 3. The molecule has 0 unspecified atom stereocenters. The maximum absolute atomic E-state index is 12.1. The summed E-state index contributed by atoms with van der Waals surface area (Å²) in [4.78, 5) is 23.4. The van der Waals surface area contributed by atoms with E-state index in [0.29, 0.717) is 12.1 Å².